The minimum atomic E-state index is -1.30. The molecule has 3 aromatic rings. The van der Waals surface area contributed by atoms with Crippen molar-refractivity contribution < 1.29 is 32.9 Å². The van der Waals surface area contributed by atoms with Crippen LogP contribution in [0.4, 0.5) is 18.0 Å². The summed E-state index contributed by atoms with van der Waals surface area (Å²) in [6, 6.07) is 11.4. The number of carbonyl (C=O) groups excluding carboxylic acids is 1. The van der Waals surface area contributed by atoms with E-state index in [1.807, 2.05) is 34.9 Å². The first-order chi connectivity index (χ1) is 21.3. The molecule has 3 unspecified atom stereocenters. The molecule has 0 spiro atoms. The number of rotatable bonds is 8. The molecule has 0 saturated carbocycles. The first kappa shape index (κ1) is 30.6. The van der Waals surface area contributed by atoms with Gasteiger partial charge in [-0.2, -0.15) is 0 Å². The molecule has 2 aromatic carbocycles. The number of nitrogens with one attached hydrogen (secondary N) is 2. The topological polar surface area (TPSA) is 112 Å². The molecular formula is C32H38F3N5O4. The van der Waals surface area contributed by atoms with Gasteiger partial charge in [-0.15, -0.1) is 0 Å². The maximum Gasteiger partial charge on any atom is 0.317 e. The van der Waals surface area contributed by atoms with E-state index >= 15 is 4.39 Å². The van der Waals surface area contributed by atoms with Crippen LogP contribution < -0.4 is 10.6 Å². The van der Waals surface area contributed by atoms with Gasteiger partial charge in [0.1, 0.15) is 29.7 Å². The van der Waals surface area contributed by atoms with E-state index < -0.39 is 48.0 Å². The molecule has 3 aliphatic rings. The maximum atomic E-state index is 15.0. The number of ether oxygens (including phenoxy) is 1. The SMILES string of the molecule is O=C(NC[C@@H]1CNC[C@@H]1F)N1CC(O)C(O)C1[C@H](c1nc(-c2cc(F)ccc2F)cn1Cc1ccccc1)C1CCOCC1. The minimum Gasteiger partial charge on any atom is -0.388 e. The lowest BCUT2D eigenvalue weighted by atomic mass is 9.78. The molecular weight excluding hydrogens is 575 g/mol. The lowest BCUT2D eigenvalue weighted by molar-refractivity contribution is 0.00731. The highest BCUT2D eigenvalue weighted by Gasteiger charge is 2.50. The van der Waals surface area contributed by atoms with Crippen LogP contribution >= 0.6 is 0 Å². The Bertz CT molecular complexity index is 1440. The highest BCUT2D eigenvalue weighted by atomic mass is 19.1. The zero-order valence-corrected chi connectivity index (χ0v) is 24.3. The fraction of sp³-hybridized carbons (Fsp3) is 0.500. The van der Waals surface area contributed by atoms with Gasteiger partial charge in [0.2, 0.25) is 0 Å². The second-order valence-corrected chi connectivity index (χ2v) is 12.0. The summed E-state index contributed by atoms with van der Waals surface area (Å²) in [5.41, 5.74) is 1.16. The average Bonchev–Trinajstić information content (AvgIpc) is 3.72. The predicted octanol–water partition coefficient (Wildman–Crippen LogP) is 3.06. The summed E-state index contributed by atoms with van der Waals surface area (Å²) in [7, 11) is 0. The van der Waals surface area contributed by atoms with Crippen LogP contribution in [-0.2, 0) is 11.3 Å². The molecule has 4 heterocycles. The van der Waals surface area contributed by atoms with Crippen molar-refractivity contribution in [3.8, 4) is 11.3 Å². The van der Waals surface area contributed by atoms with Crippen LogP contribution in [0.2, 0.25) is 0 Å². The number of β-amino-alcohol motifs (C(OH)–C–C–N with tert-alkyl or cyclic N) is 1. The van der Waals surface area contributed by atoms with Crippen LogP contribution in [-0.4, -0.2) is 94.5 Å². The van der Waals surface area contributed by atoms with E-state index in [2.05, 4.69) is 10.6 Å². The lowest BCUT2D eigenvalue weighted by Gasteiger charge is -2.39. The number of hydrogen-bond acceptors (Lipinski definition) is 6. The van der Waals surface area contributed by atoms with Crippen LogP contribution in [0.15, 0.2) is 54.7 Å². The number of urea groups is 1. The quantitative estimate of drug-likeness (QED) is 0.311. The summed E-state index contributed by atoms with van der Waals surface area (Å²) < 4.78 is 51.0. The number of likely N-dealkylation sites (tertiary alicyclic amines) is 1. The Morgan fingerprint density at radius 1 is 1.11 bits per heavy atom. The van der Waals surface area contributed by atoms with Gasteiger partial charge in [-0.05, 0) is 42.5 Å². The minimum absolute atomic E-state index is 0.00339. The van der Waals surface area contributed by atoms with E-state index in [9.17, 15) is 23.8 Å². The molecule has 6 rings (SSSR count). The van der Waals surface area contributed by atoms with Gasteiger partial charge in [0, 0.05) is 63.0 Å². The molecule has 6 atom stereocenters. The summed E-state index contributed by atoms with van der Waals surface area (Å²) in [6.45, 7) is 1.95. The van der Waals surface area contributed by atoms with Crippen molar-refractivity contribution in [2.24, 2.45) is 11.8 Å². The number of amides is 2. The summed E-state index contributed by atoms with van der Waals surface area (Å²) in [6.07, 6.45) is -0.706. The second-order valence-electron chi connectivity index (χ2n) is 12.0. The fourth-order valence-electron chi connectivity index (χ4n) is 6.83. The molecule has 2 amide bonds. The van der Waals surface area contributed by atoms with E-state index in [4.69, 9.17) is 9.72 Å². The van der Waals surface area contributed by atoms with E-state index in [1.54, 1.807) is 6.20 Å². The third kappa shape index (κ3) is 6.35. The smallest absolute Gasteiger partial charge is 0.317 e. The fourth-order valence-corrected chi connectivity index (χ4v) is 6.83. The third-order valence-corrected chi connectivity index (χ3v) is 9.17. The van der Waals surface area contributed by atoms with Crippen molar-refractivity contribution in [2.75, 3.05) is 39.4 Å². The highest BCUT2D eigenvalue weighted by molar-refractivity contribution is 5.75. The van der Waals surface area contributed by atoms with Crippen molar-refractivity contribution >= 4 is 6.03 Å². The molecule has 236 valence electrons. The average molecular weight is 614 g/mol. The Kier molecular flexibility index (Phi) is 9.22. The Labute approximate surface area is 254 Å². The van der Waals surface area contributed by atoms with Crippen molar-refractivity contribution in [1.82, 2.24) is 25.1 Å². The Hall–Kier alpha value is -3.45. The Balaban J connectivity index is 1.41. The van der Waals surface area contributed by atoms with E-state index in [0.717, 1.165) is 23.8 Å². The number of carbonyl (C=O) groups is 1. The van der Waals surface area contributed by atoms with Crippen molar-refractivity contribution in [1.29, 1.82) is 0 Å². The number of aromatic nitrogens is 2. The van der Waals surface area contributed by atoms with Crippen LogP contribution in [0.25, 0.3) is 11.3 Å². The van der Waals surface area contributed by atoms with E-state index in [1.165, 1.54) is 4.90 Å². The largest absolute Gasteiger partial charge is 0.388 e. The standard InChI is InChI=1S/C32H38F3N5O4/c33-22-6-7-24(34)23(12-22)26-17-39(16-19-4-2-1-3-5-19)31(38-26)28(20-8-10-44-11-9-20)29-30(42)27(41)18-40(29)32(43)37-14-21-13-36-15-25(21)35/h1-7,12,17,20-21,25,27-30,36,41-42H,8-11,13-16,18H2,(H,37,43)/t21-,25-,27?,28+,29?,30?/m0/s1. The predicted molar refractivity (Wildman–Crippen MR) is 157 cm³/mol. The molecule has 44 heavy (non-hydrogen) atoms. The molecule has 0 bridgehead atoms. The van der Waals surface area contributed by atoms with Gasteiger partial charge in [0.15, 0.2) is 0 Å². The second kappa shape index (κ2) is 13.3. The molecule has 3 aliphatic heterocycles. The van der Waals surface area contributed by atoms with Gasteiger partial charge >= 0.3 is 6.03 Å². The number of hydrogen-bond donors (Lipinski definition) is 4. The van der Waals surface area contributed by atoms with Crippen LogP contribution in [0.5, 0.6) is 0 Å². The third-order valence-electron chi connectivity index (χ3n) is 9.17. The maximum absolute atomic E-state index is 15.0. The zero-order chi connectivity index (χ0) is 30.8. The number of alkyl halides is 1. The molecule has 3 saturated heterocycles. The van der Waals surface area contributed by atoms with Gasteiger partial charge in [0.05, 0.1) is 24.4 Å². The Morgan fingerprint density at radius 2 is 1.89 bits per heavy atom. The molecule has 0 radical (unpaired) electrons. The van der Waals surface area contributed by atoms with Crippen LogP contribution in [0.1, 0.15) is 30.1 Å². The lowest BCUT2D eigenvalue weighted by Crippen LogP contribution is -2.51. The number of nitrogens with zero attached hydrogens (tertiary/aromatic N) is 3. The van der Waals surface area contributed by atoms with Crippen molar-refractivity contribution in [2.45, 2.75) is 49.7 Å². The molecule has 3 fully saturated rings. The number of benzene rings is 2. The molecule has 4 N–H and O–H groups in total. The van der Waals surface area contributed by atoms with Gasteiger partial charge in [-0.3, -0.25) is 0 Å². The van der Waals surface area contributed by atoms with Crippen molar-refractivity contribution in [3.05, 3.63) is 77.8 Å². The monoisotopic (exact) mass is 613 g/mol. The molecule has 1 aromatic heterocycles. The first-order valence-electron chi connectivity index (χ1n) is 15.2. The molecule has 9 nitrogen and oxygen atoms in total. The molecule has 0 aliphatic carbocycles. The summed E-state index contributed by atoms with van der Waals surface area (Å²) in [5.74, 6) is -1.83. The Morgan fingerprint density at radius 3 is 2.61 bits per heavy atom. The number of imidazole rings is 1. The van der Waals surface area contributed by atoms with Gasteiger partial charge in [-0.1, -0.05) is 30.3 Å². The van der Waals surface area contributed by atoms with E-state index in [-0.39, 0.29) is 42.7 Å². The zero-order valence-electron chi connectivity index (χ0n) is 24.3. The van der Waals surface area contributed by atoms with E-state index in [0.29, 0.717) is 45.0 Å². The normalized spacial score (nSPS) is 26.7. The number of aliphatic hydroxyl groups excluding tert-OH is 2. The van der Waals surface area contributed by atoms with Crippen LogP contribution in [0.3, 0.4) is 0 Å². The number of halogens is 3. The summed E-state index contributed by atoms with van der Waals surface area (Å²) in [5, 5.41) is 28.1. The van der Waals surface area contributed by atoms with Gasteiger partial charge < -0.3 is 35.1 Å². The highest BCUT2D eigenvalue weighted by Crippen LogP contribution is 2.42. The first-order valence-corrected chi connectivity index (χ1v) is 15.2. The number of aliphatic hydroxyl groups is 2. The van der Waals surface area contributed by atoms with Crippen LogP contribution in [0, 0.1) is 23.5 Å². The summed E-state index contributed by atoms with van der Waals surface area (Å²) in [4.78, 5) is 19.9. The molecule has 12 heteroatoms. The summed E-state index contributed by atoms with van der Waals surface area (Å²) >= 11 is 0. The van der Waals surface area contributed by atoms with Gasteiger partial charge in [-0.25, -0.2) is 22.9 Å². The van der Waals surface area contributed by atoms with Gasteiger partial charge in [0.25, 0.3) is 0 Å². The van der Waals surface area contributed by atoms with Crippen molar-refractivity contribution in [3.63, 3.8) is 0 Å².